The van der Waals surface area contributed by atoms with Crippen LogP contribution < -0.4 is 9.47 Å². The van der Waals surface area contributed by atoms with Crippen LogP contribution in [0, 0.1) is 11.3 Å². The molecule has 0 aromatic heterocycles. The fourth-order valence-corrected chi connectivity index (χ4v) is 2.54. The molecular weight excluding hydrogens is 342 g/mol. The predicted octanol–water partition coefficient (Wildman–Crippen LogP) is 4.91. The third-order valence-corrected chi connectivity index (χ3v) is 3.64. The van der Waals surface area contributed by atoms with E-state index < -0.39 is 0 Å². The average molecular weight is 353 g/mol. The normalized spacial score (nSPS) is 9.90. The Morgan fingerprint density at radius 1 is 1.20 bits per heavy atom. The van der Waals surface area contributed by atoms with Gasteiger partial charge in [-0.2, -0.15) is 5.26 Å². The van der Waals surface area contributed by atoms with Crippen molar-refractivity contribution < 1.29 is 9.47 Å². The molecule has 102 valence electrons. The van der Waals surface area contributed by atoms with Crippen LogP contribution >= 0.6 is 27.5 Å². The molecule has 2 rings (SSSR count). The Balaban J connectivity index is 2.30. The molecule has 20 heavy (non-hydrogen) atoms. The number of benzene rings is 2. The maximum Gasteiger partial charge on any atom is 0.169 e. The molecule has 0 unspecified atom stereocenters. The first-order valence-corrected chi connectivity index (χ1v) is 7.28. The van der Waals surface area contributed by atoms with E-state index in [0.717, 1.165) is 5.56 Å². The first-order valence-electron chi connectivity index (χ1n) is 5.78. The van der Waals surface area contributed by atoms with Crippen molar-refractivity contribution in [2.75, 3.05) is 7.11 Å². The lowest BCUT2D eigenvalue weighted by atomic mass is 10.2. The Kier molecular flexibility index (Phi) is 4.89. The summed E-state index contributed by atoms with van der Waals surface area (Å²) < 4.78 is 11.0. The summed E-state index contributed by atoms with van der Waals surface area (Å²) in [5.41, 5.74) is 1.51. The number of ether oxygens (including phenoxy) is 2. The standard InChI is InChI=1S/C15H11BrClNO2/c1-19-15-6-10(9-18)2-5-14(15)20-12-4-3-11(8-16)13(17)7-12/h2-7H,8H2,1H3. The Morgan fingerprint density at radius 3 is 2.60 bits per heavy atom. The number of hydrogen-bond donors (Lipinski definition) is 0. The molecule has 0 N–H and O–H groups in total. The van der Waals surface area contributed by atoms with E-state index in [0.29, 0.717) is 33.2 Å². The van der Waals surface area contributed by atoms with E-state index in [1.165, 1.54) is 7.11 Å². The van der Waals surface area contributed by atoms with Gasteiger partial charge in [-0.1, -0.05) is 33.6 Å². The maximum atomic E-state index is 8.86. The first kappa shape index (κ1) is 14.7. The summed E-state index contributed by atoms with van der Waals surface area (Å²) in [6.45, 7) is 0. The molecule has 2 aromatic rings. The third-order valence-electron chi connectivity index (χ3n) is 2.69. The Hall–Kier alpha value is -1.70. The highest BCUT2D eigenvalue weighted by Crippen LogP contribution is 2.34. The van der Waals surface area contributed by atoms with E-state index in [1.54, 1.807) is 24.3 Å². The molecule has 0 aliphatic rings. The lowest BCUT2D eigenvalue weighted by molar-refractivity contribution is 0.378. The van der Waals surface area contributed by atoms with Crippen molar-refractivity contribution in [2.24, 2.45) is 0 Å². The Bertz CT molecular complexity index is 667. The van der Waals surface area contributed by atoms with Gasteiger partial charge in [0.05, 0.1) is 18.7 Å². The van der Waals surface area contributed by atoms with Crippen LogP contribution in [0.2, 0.25) is 5.02 Å². The summed E-state index contributed by atoms with van der Waals surface area (Å²) in [5, 5.41) is 10.2. The second-order valence-corrected chi connectivity index (χ2v) is 4.93. The molecule has 0 aliphatic carbocycles. The molecule has 0 spiro atoms. The van der Waals surface area contributed by atoms with Gasteiger partial charge in [0.25, 0.3) is 0 Å². The van der Waals surface area contributed by atoms with Gasteiger partial charge in [-0.15, -0.1) is 0 Å². The summed E-state index contributed by atoms with van der Waals surface area (Å²) in [5.74, 6) is 1.65. The number of nitrogens with zero attached hydrogens (tertiary/aromatic N) is 1. The minimum absolute atomic E-state index is 0.504. The van der Waals surface area contributed by atoms with Crippen molar-refractivity contribution in [3.63, 3.8) is 0 Å². The van der Waals surface area contributed by atoms with Gasteiger partial charge >= 0.3 is 0 Å². The molecule has 0 saturated carbocycles. The minimum Gasteiger partial charge on any atom is -0.493 e. The number of hydrogen-bond acceptors (Lipinski definition) is 3. The molecule has 0 aliphatic heterocycles. The van der Waals surface area contributed by atoms with Crippen LogP contribution in [-0.4, -0.2) is 7.11 Å². The van der Waals surface area contributed by atoms with Crippen LogP contribution in [0.25, 0.3) is 0 Å². The highest BCUT2D eigenvalue weighted by atomic mass is 79.9. The van der Waals surface area contributed by atoms with Gasteiger partial charge in [-0.3, -0.25) is 0 Å². The summed E-state index contributed by atoms with van der Waals surface area (Å²) >= 11 is 9.50. The van der Waals surface area contributed by atoms with E-state index >= 15 is 0 Å². The molecule has 3 nitrogen and oxygen atoms in total. The molecule has 0 atom stereocenters. The zero-order chi connectivity index (χ0) is 14.5. The van der Waals surface area contributed by atoms with Crippen LogP contribution in [-0.2, 0) is 5.33 Å². The summed E-state index contributed by atoms with van der Waals surface area (Å²) in [6.07, 6.45) is 0. The lowest BCUT2D eigenvalue weighted by Crippen LogP contribution is -1.92. The summed E-state index contributed by atoms with van der Waals surface area (Å²) in [7, 11) is 1.53. The number of methoxy groups -OCH3 is 1. The number of alkyl halides is 1. The van der Waals surface area contributed by atoms with Crippen molar-refractivity contribution in [3.05, 3.63) is 52.5 Å². The summed E-state index contributed by atoms with van der Waals surface area (Å²) in [4.78, 5) is 0. The van der Waals surface area contributed by atoms with Crippen molar-refractivity contribution >= 4 is 27.5 Å². The topological polar surface area (TPSA) is 42.2 Å². The van der Waals surface area contributed by atoms with Gasteiger partial charge < -0.3 is 9.47 Å². The van der Waals surface area contributed by atoms with Crippen LogP contribution in [0.1, 0.15) is 11.1 Å². The van der Waals surface area contributed by atoms with Crippen molar-refractivity contribution in [1.29, 1.82) is 5.26 Å². The van der Waals surface area contributed by atoms with Gasteiger partial charge in [0.1, 0.15) is 5.75 Å². The molecule has 0 heterocycles. The van der Waals surface area contributed by atoms with Gasteiger partial charge in [0, 0.05) is 16.4 Å². The smallest absolute Gasteiger partial charge is 0.169 e. The highest BCUT2D eigenvalue weighted by Gasteiger charge is 2.08. The Labute approximate surface area is 130 Å². The Morgan fingerprint density at radius 2 is 2.00 bits per heavy atom. The van der Waals surface area contributed by atoms with Crippen LogP contribution in [0.5, 0.6) is 17.2 Å². The third kappa shape index (κ3) is 3.24. The van der Waals surface area contributed by atoms with Crippen LogP contribution in [0.3, 0.4) is 0 Å². The van der Waals surface area contributed by atoms with E-state index in [-0.39, 0.29) is 0 Å². The van der Waals surface area contributed by atoms with E-state index in [2.05, 4.69) is 22.0 Å². The second-order valence-electron chi connectivity index (χ2n) is 3.97. The molecule has 0 bridgehead atoms. The molecule has 0 radical (unpaired) electrons. The van der Waals surface area contributed by atoms with Gasteiger partial charge in [-0.05, 0) is 29.8 Å². The van der Waals surface area contributed by atoms with Crippen molar-refractivity contribution in [2.45, 2.75) is 5.33 Å². The second kappa shape index (κ2) is 6.65. The number of nitriles is 1. The maximum absolute atomic E-state index is 8.86. The lowest BCUT2D eigenvalue weighted by Gasteiger charge is -2.11. The van der Waals surface area contributed by atoms with E-state index in [1.807, 2.05) is 12.1 Å². The molecule has 2 aromatic carbocycles. The van der Waals surface area contributed by atoms with Crippen LogP contribution in [0.4, 0.5) is 0 Å². The monoisotopic (exact) mass is 351 g/mol. The zero-order valence-electron chi connectivity index (χ0n) is 10.7. The first-order chi connectivity index (χ1) is 9.67. The fourth-order valence-electron chi connectivity index (χ4n) is 1.65. The molecule has 0 fully saturated rings. The van der Waals surface area contributed by atoms with Crippen LogP contribution in [0.15, 0.2) is 36.4 Å². The predicted molar refractivity (Wildman–Crippen MR) is 81.9 cm³/mol. The van der Waals surface area contributed by atoms with E-state index in [9.17, 15) is 0 Å². The molecular formula is C15H11BrClNO2. The quantitative estimate of drug-likeness (QED) is 0.734. The highest BCUT2D eigenvalue weighted by molar-refractivity contribution is 9.08. The van der Waals surface area contributed by atoms with Gasteiger partial charge in [0.2, 0.25) is 0 Å². The van der Waals surface area contributed by atoms with E-state index in [4.69, 9.17) is 26.3 Å². The SMILES string of the molecule is COc1cc(C#N)ccc1Oc1ccc(CBr)c(Cl)c1. The fraction of sp³-hybridized carbons (Fsp3) is 0.133. The minimum atomic E-state index is 0.504. The molecule has 5 heteroatoms. The average Bonchev–Trinajstić information content (AvgIpc) is 2.48. The molecule has 0 amide bonds. The summed E-state index contributed by atoms with van der Waals surface area (Å²) in [6, 6.07) is 12.5. The molecule has 0 saturated heterocycles. The number of halogens is 2. The van der Waals surface area contributed by atoms with Gasteiger partial charge in [-0.25, -0.2) is 0 Å². The zero-order valence-corrected chi connectivity index (χ0v) is 13.0. The van der Waals surface area contributed by atoms with Crippen molar-refractivity contribution in [3.8, 4) is 23.3 Å². The van der Waals surface area contributed by atoms with Gasteiger partial charge in [0.15, 0.2) is 11.5 Å². The largest absolute Gasteiger partial charge is 0.493 e. The number of rotatable bonds is 4. The van der Waals surface area contributed by atoms with Crippen molar-refractivity contribution in [1.82, 2.24) is 0 Å².